The van der Waals surface area contributed by atoms with E-state index in [9.17, 15) is 4.79 Å². The average Bonchev–Trinajstić information content (AvgIpc) is 2.69. The molecule has 0 saturated carbocycles. The molecule has 150 valence electrons. The second kappa shape index (κ2) is 9.71. The molecule has 0 radical (unpaired) electrons. The fourth-order valence-electron chi connectivity index (χ4n) is 3.49. The number of amides is 2. The molecule has 2 aromatic carbocycles. The van der Waals surface area contributed by atoms with E-state index in [2.05, 4.69) is 71.7 Å². The third-order valence-electron chi connectivity index (χ3n) is 5.31. The number of nitrogens with zero attached hydrogens (tertiary/aromatic N) is 2. The lowest BCUT2D eigenvalue weighted by Crippen LogP contribution is -2.43. The second-order valence-electron chi connectivity index (χ2n) is 7.95. The Kier molecular flexibility index (Phi) is 7.06. The number of anilines is 1. The number of carbonyl (C=O) groups excluding carboxylic acids is 1. The highest BCUT2D eigenvalue weighted by Gasteiger charge is 2.14. The molecule has 2 aromatic rings. The van der Waals surface area contributed by atoms with Gasteiger partial charge in [0.05, 0.1) is 0 Å². The van der Waals surface area contributed by atoms with Gasteiger partial charge in [0, 0.05) is 45.0 Å². The van der Waals surface area contributed by atoms with Crippen molar-refractivity contribution in [3.63, 3.8) is 0 Å². The Balaban J connectivity index is 1.47. The van der Waals surface area contributed by atoms with Gasteiger partial charge < -0.3 is 15.5 Å². The van der Waals surface area contributed by atoms with Crippen LogP contribution in [0.3, 0.4) is 0 Å². The number of piperazine rings is 1. The Hall–Kier alpha value is -2.37. The summed E-state index contributed by atoms with van der Waals surface area (Å²) in [6, 6.07) is 16.3. The highest BCUT2D eigenvalue weighted by Crippen LogP contribution is 2.23. The topological polar surface area (TPSA) is 47.6 Å². The van der Waals surface area contributed by atoms with Gasteiger partial charge in [-0.25, -0.2) is 4.79 Å². The maximum Gasteiger partial charge on any atom is 0.319 e. The van der Waals surface area contributed by atoms with Crippen molar-refractivity contribution in [3.05, 3.63) is 65.2 Å². The zero-order valence-corrected chi connectivity index (χ0v) is 17.2. The van der Waals surface area contributed by atoms with Crippen LogP contribution in [0.15, 0.2) is 48.5 Å². The van der Waals surface area contributed by atoms with Gasteiger partial charge in [-0.15, -0.1) is 0 Å². The highest BCUT2D eigenvalue weighted by molar-refractivity contribution is 5.90. The molecule has 1 aliphatic heterocycles. The molecule has 28 heavy (non-hydrogen) atoms. The minimum absolute atomic E-state index is 0.172. The molecule has 0 atom stereocenters. The fourth-order valence-corrected chi connectivity index (χ4v) is 3.49. The van der Waals surface area contributed by atoms with Gasteiger partial charge in [-0.05, 0) is 35.7 Å². The first-order valence-corrected chi connectivity index (χ1v) is 10.1. The lowest BCUT2D eigenvalue weighted by Gasteiger charge is -2.32. The Labute approximate surface area is 168 Å². The number of hydrogen-bond donors (Lipinski definition) is 2. The molecule has 1 aliphatic rings. The number of likely N-dealkylation sites (N-methyl/N-ethyl adjacent to an activating group) is 1. The summed E-state index contributed by atoms with van der Waals surface area (Å²) in [5.41, 5.74) is 4.45. The Bertz CT molecular complexity index is 764. The van der Waals surface area contributed by atoms with Gasteiger partial charge in [0.1, 0.15) is 0 Å². The fraction of sp³-hybridized carbons (Fsp3) is 0.435. The van der Waals surface area contributed by atoms with Gasteiger partial charge in [0.15, 0.2) is 0 Å². The molecule has 5 heteroatoms. The van der Waals surface area contributed by atoms with Crippen LogP contribution in [0.2, 0.25) is 0 Å². The van der Waals surface area contributed by atoms with E-state index < -0.39 is 0 Å². The molecular formula is C23H32N4O. The van der Waals surface area contributed by atoms with Crippen molar-refractivity contribution >= 4 is 11.7 Å². The van der Waals surface area contributed by atoms with E-state index in [1.54, 1.807) is 0 Å². The second-order valence-corrected chi connectivity index (χ2v) is 7.95. The van der Waals surface area contributed by atoms with Crippen molar-refractivity contribution in [1.82, 2.24) is 15.1 Å². The Morgan fingerprint density at radius 2 is 1.61 bits per heavy atom. The number of hydrogen-bond acceptors (Lipinski definition) is 3. The van der Waals surface area contributed by atoms with E-state index in [-0.39, 0.29) is 6.03 Å². The van der Waals surface area contributed by atoms with Crippen LogP contribution in [-0.4, -0.2) is 49.1 Å². The summed E-state index contributed by atoms with van der Waals surface area (Å²) >= 11 is 0. The van der Waals surface area contributed by atoms with Crippen molar-refractivity contribution < 1.29 is 4.79 Å². The van der Waals surface area contributed by atoms with Crippen molar-refractivity contribution in [2.75, 3.05) is 38.5 Å². The van der Waals surface area contributed by atoms with Gasteiger partial charge in [0.25, 0.3) is 0 Å². The SMILES string of the molecule is CC(C)c1ccccc1NC(=O)NCc1ccc(CN2CCN(C)CC2)cc1. The number of benzene rings is 2. The first-order valence-electron chi connectivity index (χ1n) is 10.1. The van der Waals surface area contributed by atoms with Crippen molar-refractivity contribution in [3.8, 4) is 0 Å². The van der Waals surface area contributed by atoms with Crippen LogP contribution < -0.4 is 10.6 Å². The molecule has 2 N–H and O–H groups in total. The van der Waals surface area contributed by atoms with Crippen LogP contribution in [0, 0.1) is 0 Å². The van der Waals surface area contributed by atoms with Crippen molar-refractivity contribution in [2.24, 2.45) is 0 Å². The summed E-state index contributed by atoms with van der Waals surface area (Å²) in [4.78, 5) is 17.1. The number of nitrogens with one attached hydrogen (secondary N) is 2. The maximum absolute atomic E-state index is 12.3. The van der Waals surface area contributed by atoms with Crippen LogP contribution in [0.25, 0.3) is 0 Å². The third-order valence-corrected chi connectivity index (χ3v) is 5.31. The smallest absolute Gasteiger partial charge is 0.319 e. The Morgan fingerprint density at radius 1 is 0.964 bits per heavy atom. The van der Waals surface area contributed by atoms with Gasteiger partial charge >= 0.3 is 6.03 Å². The van der Waals surface area contributed by atoms with E-state index in [1.807, 2.05) is 18.2 Å². The van der Waals surface area contributed by atoms with Crippen LogP contribution in [0.1, 0.15) is 36.5 Å². The van der Waals surface area contributed by atoms with Crippen molar-refractivity contribution in [1.29, 1.82) is 0 Å². The van der Waals surface area contributed by atoms with Gasteiger partial charge in [-0.1, -0.05) is 56.3 Å². The van der Waals surface area contributed by atoms with E-state index in [1.165, 1.54) is 5.56 Å². The number of para-hydroxylation sites is 1. The summed E-state index contributed by atoms with van der Waals surface area (Å²) in [7, 11) is 2.18. The standard InChI is InChI=1S/C23H32N4O/c1-18(2)21-6-4-5-7-22(21)25-23(28)24-16-19-8-10-20(11-9-19)17-27-14-12-26(3)13-15-27/h4-11,18H,12-17H2,1-3H3,(H2,24,25,28). The van der Waals surface area contributed by atoms with Crippen LogP contribution >= 0.6 is 0 Å². The molecule has 1 saturated heterocycles. The molecule has 0 bridgehead atoms. The van der Waals surface area contributed by atoms with E-state index in [0.717, 1.165) is 49.5 Å². The maximum atomic E-state index is 12.3. The first kappa shape index (κ1) is 20.4. The minimum atomic E-state index is -0.172. The molecule has 0 aromatic heterocycles. The summed E-state index contributed by atoms with van der Waals surface area (Å²) in [5.74, 6) is 0.365. The van der Waals surface area contributed by atoms with Crippen LogP contribution in [-0.2, 0) is 13.1 Å². The zero-order valence-electron chi connectivity index (χ0n) is 17.2. The lowest BCUT2D eigenvalue weighted by atomic mass is 10.0. The molecule has 5 nitrogen and oxygen atoms in total. The number of urea groups is 1. The lowest BCUT2D eigenvalue weighted by molar-refractivity contribution is 0.148. The number of rotatable bonds is 6. The minimum Gasteiger partial charge on any atom is -0.334 e. The Morgan fingerprint density at radius 3 is 2.29 bits per heavy atom. The van der Waals surface area contributed by atoms with Crippen LogP contribution in [0.5, 0.6) is 0 Å². The molecule has 2 amide bonds. The molecule has 0 aliphatic carbocycles. The summed E-state index contributed by atoms with van der Waals surface area (Å²) in [5, 5.41) is 5.92. The highest BCUT2D eigenvalue weighted by atomic mass is 16.2. The van der Waals surface area contributed by atoms with Gasteiger partial charge in [-0.2, -0.15) is 0 Å². The molecule has 0 unspecified atom stereocenters. The predicted molar refractivity (Wildman–Crippen MR) is 116 cm³/mol. The summed E-state index contributed by atoms with van der Waals surface area (Å²) in [6.07, 6.45) is 0. The largest absolute Gasteiger partial charge is 0.334 e. The van der Waals surface area contributed by atoms with Crippen LogP contribution in [0.4, 0.5) is 10.5 Å². The number of carbonyl (C=O) groups is 1. The summed E-state index contributed by atoms with van der Waals surface area (Å²) < 4.78 is 0. The van der Waals surface area contributed by atoms with E-state index in [0.29, 0.717) is 12.5 Å². The van der Waals surface area contributed by atoms with Gasteiger partial charge in [0.2, 0.25) is 0 Å². The zero-order chi connectivity index (χ0) is 19.9. The monoisotopic (exact) mass is 380 g/mol. The molecule has 1 heterocycles. The normalized spacial score (nSPS) is 15.6. The molecule has 0 spiro atoms. The average molecular weight is 381 g/mol. The molecule has 1 fully saturated rings. The summed E-state index contributed by atoms with van der Waals surface area (Å²) in [6.45, 7) is 10.3. The third kappa shape index (κ3) is 5.81. The van der Waals surface area contributed by atoms with E-state index in [4.69, 9.17) is 0 Å². The quantitative estimate of drug-likeness (QED) is 0.800. The predicted octanol–water partition coefficient (Wildman–Crippen LogP) is 3.88. The molecular weight excluding hydrogens is 348 g/mol. The van der Waals surface area contributed by atoms with Crippen molar-refractivity contribution in [2.45, 2.75) is 32.9 Å². The first-order chi connectivity index (χ1) is 13.5. The van der Waals surface area contributed by atoms with E-state index >= 15 is 0 Å². The molecule has 3 rings (SSSR count). The van der Waals surface area contributed by atoms with Gasteiger partial charge in [-0.3, -0.25) is 4.90 Å².